The SMILES string of the molecule is CCn1ncc2c1-c1ccccc1OC21CCN(C(=O)c2cccc(F)c2OC(F)F)CC1. The number of piperidine rings is 1. The van der Waals surface area contributed by atoms with Crippen molar-refractivity contribution in [1.29, 1.82) is 0 Å². The molecule has 0 unspecified atom stereocenters. The van der Waals surface area contributed by atoms with Crippen LogP contribution >= 0.6 is 0 Å². The van der Waals surface area contributed by atoms with Gasteiger partial charge >= 0.3 is 6.61 Å². The second-order valence-corrected chi connectivity index (χ2v) is 8.10. The van der Waals surface area contributed by atoms with Gasteiger partial charge in [-0.1, -0.05) is 18.2 Å². The van der Waals surface area contributed by atoms with Gasteiger partial charge in [0.15, 0.2) is 11.6 Å². The van der Waals surface area contributed by atoms with Gasteiger partial charge in [-0.2, -0.15) is 13.9 Å². The fraction of sp³-hybridized carbons (Fsp3) is 0.333. The van der Waals surface area contributed by atoms with Crippen LogP contribution in [0.15, 0.2) is 48.7 Å². The maximum absolute atomic E-state index is 14.1. The van der Waals surface area contributed by atoms with Gasteiger partial charge < -0.3 is 14.4 Å². The number of aryl methyl sites for hydroxylation is 1. The molecule has 2 aliphatic heterocycles. The van der Waals surface area contributed by atoms with Crippen molar-refractivity contribution in [3.63, 3.8) is 0 Å². The lowest BCUT2D eigenvalue weighted by Crippen LogP contribution is -2.49. The summed E-state index contributed by atoms with van der Waals surface area (Å²) in [7, 11) is 0. The largest absolute Gasteiger partial charge is 0.482 e. The van der Waals surface area contributed by atoms with Gasteiger partial charge in [-0.05, 0) is 31.2 Å². The van der Waals surface area contributed by atoms with E-state index in [2.05, 4.69) is 9.84 Å². The third-order valence-electron chi connectivity index (χ3n) is 6.34. The van der Waals surface area contributed by atoms with Gasteiger partial charge in [0, 0.05) is 43.6 Å². The maximum atomic E-state index is 14.1. The molecule has 1 fully saturated rings. The summed E-state index contributed by atoms with van der Waals surface area (Å²) in [6, 6.07) is 11.4. The summed E-state index contributed by atoms with van der Waals surface area (Å²) in [5.41, 5.74) is 2.09. The third kappa shape index (κ3) is 3.51. The highest BCUT2D eigenvalue weighted by molar-refractivity contribution is 5.97. The van der Waals surface area contributed by atoms with Crippen LogP contribution in [0.5, 0.6) is 11.5 Å². The summed E-state index contributed by atoms with van der Waals surface area (Å²) in [4.78, 5) is 14.6. The predicted octanol–water partition coefficient (Wildman–Crippen LogP) is 4.83. The zero-order valence-electron chi connectivity index (χ0n) is 17.9. The number of hydrogen-bond acceptors (Lipinski definition) is 4. The minimum absolute atomic E-state index is 0.222. The number of aromatic nitrogens is 2. The second kappa shape index (κ2) is 8.13. The van der Waals surface area contributed by atoms with E-state index in [4.69, 9.17) is 4.74 Å². The lowest BCUT2D eigenvalue weighted by atomic mass is 9.81. The number of likely N-dealkylation sites (tertiary alicyclic amines) is 1. The molecule has 1 saturated heterocycles. The molecule has 3 heterocycles. The Hall–Kier alpha value is -3.49. The zero-order chi connectivity index (χ0) is 23.2. The van der Waals surface area contributed by atoms with Gasteiger partial charge in [0.2, 0.25) is 0 Å². The fourth-order valence-corrected chi connectivity index (χ4v) is 4.76. The summed E-state index contributed by atoms with van der Waals surface area (Å²) in [6.07, 6.45) is 2.79. The Balaban J connectivity index is 1.43. The molecule has 1 aromatic heterocycles. The number of amides is 1. The number of benzene rings is 2. The Morgan fingerprint density at radius 1 is 1.18 bits per heavy atom. The van der Waals surface area contributed by atoms with E-state index < -0.39 is 29.7 Å². The lowest BCUT2D eigenvalue weighted by molar-refractivity contribution is -0.0527. The Morgan fingerprint density at radius 2 is 1.94 bits per heavy atom. The highest BCUT2D eigenvalue weighted by Gasteiger charge is 2.46. The molecule has 9 heteroatoms. The standard InChI is InChI=1S/C24H22F3N3O3/c1-2-30-20-15-6-3-4-9-19(15)33-24(17(20)14-28-30)10-12-29(13-11-24)22(31)16-7-5-8-18(25)21(16)32-23(26)27/h3-9,14,23H,2,10-13H2,1H3. The van der Waals surface area contributed by atoms with E-state index >= 15 is 0 Å². The minimum Gasteiger partial charge on any atom is -0.482 e. The molecule has 2 aromatic carbocycles. The van der Waals surface area contributed by atoms with Crippen LogP contribution in [0.1, 0.15) is 35.7 Å². The number of carbonyl (C=O) groups is 1. The quantitative estimate of drug-likeness (QED) is 0.563. The monoisotopic (exact) mass is 457 g/mol. The van der Waals surface area contributed by atoms with Crippen molar-refractivity contribution >= 4 is 5.91 Å². The molecule has 2 aliphatic rings. The van der Waals surface area contributed by atoms with Gasteiger partial charge in [0.1, 0.15) is 11.4 Å². The summed E-state index contributed by atoms with van der Waals surface area (Å²) in [5.74, 6) is -1.52. The van der Waals surface area contributed by atoms with Gasteiger partial charge in [0.05, 0.1) is 17.5 Å². The summed E-state index contributed by atoms with van der Waals surface area (Å²) in [5, 5.41) is 4.54. The van der Waals surface area contributed by atoms with E-state index in [1.165, 1.54) is 17.0 Å². The minimum atomic E-state index is -3.23. The van der Waals surface area contributed by atoms with E-state index in [-0.39, 0.29) is 5.56 Å². The first-order chi connectivity index (χ1) is 15.9. The van der Waals surface area contributed by atoms with Crippen molar-refractivity contribution in [2.24, 2.45) is 0 Å². The number of nitrogens with zero attached hydrogens (tertiary/aromatic N) is 3. The topological polar surface area (TPSA) is 56.6 Å². The van der Waals surface area contributed by atoms with Gasteiger partial charge in [-0.3, -0.25) is 9.48 Å². The van der Waals surface area contributed by atoms with Crippen LogP contribution < -0.4 is 9.47 Å². The van der Waals surface area contributed by atoms with Crippen molar-refractivity contribution in [3.05, 3.63) is 65.6 Å². The zero-order valence-corrected chi connectivity index (χ0v) is 17.9. The van der Waals surface area contributed by atoms with Crippen molar-refractivity contribution < 1.29 is 27.4 Å². The molecule has 0 aliphatic carbocycles. The fourth-order valence-electron chi connectivity index (χ4n) is 4.76. The maximum Gasteiger partial charge on any atom is 0.387 e. The van der Waals surface area contributed by atoms with Crippen molar-refractivity contribution in [2.75, 3.05) is 13.1 Å². The molecule has 0 radical (unpaired) electrons. The van der Waals surface area contributed by atoms with E-state index in [1.54, 1.807) is 0 Å². The first kappa shape index (κ1) is 21.4. The first-order valence-corrected chi connectivity index (χ1v) is 10.8. The number of rotatable bonds is 4. The molecule has 5 rings (SSSR count). The molecule has 1 amide bonds. The van der Waals surface area contributed by atoms with Crippen LogP contribution in [0, 0.1) is 5.82 Å². The highest BCUT2D eigenvalue weighted by atomic mass is 19.3. The Morgan fingerprint density at radius 3 is 2.67 bits per heavy atom. The Kier molecular flexibility index (Phi) is 5.26. The van der Waals surface area contributed by atoms with Crippen LogP contribution in [0.2, 0.25) is 0 Å². The first-order valence-electron chi connectivity index (χ1n) is 10.8. The van der Waals surface area contributed by atoms with Crippen molar-refractivity contribution in [1.82, 2.24) is 14.7 Å². The number of ether oxygens (including phenoxy) is 2. The van der Waals surface area contributed by atoms with Gasteiger partial charge in [0.25, 0.3) is 5.91 Å². The Labute approximate surface area is 188 Å². The van der Waals surface area contributed by atoms with Crippen LogP contribution in [-0.4, -0.2) is 40.3 Å². The molecular weight excluding hydrogens is 435 g/mol. The van der Waals surface area contributed by atoms with Crippen LogP contribution in [0.3, 0.4) is 0 Å². The third-order valence-corrected chi connectivity index (χ3v) is 6.34. The molecular formula is C24H22F3N3O3. The van der Waals surface area contributed by atoms with E-state index in [0.29, 0.717) is 32.5 Å². The molecule has 0 atom stereocenters. The summed E-state index contributed by atoms with van der Waals surface area (Å²) >= 11 is 0. The predicted molar refractivity (Wildman–Crippen MR) is 114 cm³/mol. The van der Waals surface area contributed by atoms with E-state index in [9.17, 15) is 18.0 Å². The number of para-hydroxylation sites is 2. The molecule has 0 N–H and O–H groups in total. The highest BCUT2D eigenvalue weighted by Crippen LogP contribution is 2.49. The summed E-state index contributed by atoms with van der Waals surface area (Å²) in [6.45, 7) is 0.112. The van der Waals surface area contributed by atoms with Crippen molar-refractivity contribution in [2.45, 2.75) is 38.5 Å². The van der Waals surface area contributed by atoms with E-state index in [1.807, 2.05) is 42.1 Å². The molecule has 0 bridgehead atoms. The van der Waals surface area contributed by atoms with E-state index in [0.717, 1.165) is 28.6 Å². The normalized spacial score (nSPS) is 16.3. The number of carbonyl (C=O) groups excluding carboxylic acids is 1. The smallest absolute Gasteiger partial charge is 0.387 e. The molecule has 33 heavy (non-hydrogen) atoms. The van der Waals surface area contributed by atoms with Crippen molar-refractivity contribution in [3.8, 4) is 22.8 Å². The molecule has 1 spiro atoms. The number of halogens is 3. The molecule has 172 valence electrons. The lowest BCUT2D eigenvalue weighted by Gasteiger charge is -2.44. The van der Waals surface area contributed by atoms with Crippen LogP contribution in [0.4, 0.5) is 13.2 Å². The molecule has 0 saturated carbocycles. The summed E-state index contributed by atoms with van der Waals surface area (Å²) < 4.78 is 52.4. The second-order valence-electron chi connectivity index (χ2n) is 8.10. The van der Waals surface area contributed by atoms with Crippen LogP contribution in [0.25, 0.3) is 11.3 Å². The average molecular weight is 457 g/mol. The van der Waals surface area contributed by atoms with Gasteiger partial charge in [-0.25, -0.2) is 4.39 Å². The molecule has 6 nitrogen and oxygen atoms in total. The number of fused-ring (bicyclic) bond motifs is 4. The van der Waals surface area contributed by atoms with Gasteiger partial charge in [-0.15, -0.1) is 0 Å². The molecule has 3 aromatic rings. The Bertz CT molecular complexity index is 1200. The average Bonchev–Trinajstić information content (AvgIpc) is 3.26. The number of alkyl halides is 2. The number of hydrogen-bond donors (Lipinski definition) is 0. The van der Waals surface area contributed by atoms with Crippen LogP contribution in [-0.2, 0) is 12.1 Å².